The molecule has 0 unspecified atom stereocenters. The van der Waals surface area contributed by atoms with Crippen LogP contribution in [-0.4, -0.2) is 19.9 Å². The van der Waals surface area contributed by atoms with Crippen molar-refractivity contribution in [2.24, 2.45) is 0 Å². The maximum Gasteiger partial charge on any atom is 0.225 e. The average Bonchev–Trinajstić information content (AvgIpc) is 3.51. The second-order valence-corrected chi connectivity index (χ2v) is 20.9. The topological polar surface area (TPSA) is 51.6 Å². The van der Waals surface area contributed by atoms with Gasteiger partial charge in [-0.2, -0.15) is 0 Å². The van der Waals surface area contributed by atoms with Crippen molar-refractivity contribution in [2.45, 2.75) is 0 Å². The number of benzene rings is 8. The monoisotopic (exact) mass is 1060 g/mol. The number of aromatic nitrogens is 4. The fourth-order valence-corrected chi connectivity index (χ4v) is 14.9. The van der Waals surface area contributed by atoms with E-state index < -0.39 is 7.26 Å². The number of rotatable bonds is 12. The first-order chi connectivity index (χ1) is 36.3. The van der Waals surface area contributed by atoms with Gasteiger partial charge >= 0.3 is 0 Å². The molecule has 74 heavy (non-hydrogen) atoms. The van der Waals surface area contributed by atoms with Crippen LogP contribution < -0.4 is 21.7 Å². The third-order valence-corrected chi connectivity index (χ3v) is 17.5. The van der Waals surface area contributed by atoms with Gasteiger partial charge in [0, 0.05) is 45.2 Å². The number of hydrogen-bond donors (Lipinski definition) is 0. The largest absolute Gasteiger partial charge is 0.225 e. The van der Waals surface area contributed by atoms with Crippen molar-refractivity contribution in [2.75, 3.05) is 0 Å². The molecule has 0 spiro atoms. The molecule has 0 aliphatic rings. The summed E-state index contributed by atoms with van der Waals surface area (Å²) in [6.45, 7) is 0. The first-order valence-corrected chi connectivity index (χ1v) is 26.4. The summed E-state index contributed by atoms with van der Waals surface area (Å²) in [4.78, 5) is 23.5. The predicted molar refractivity (Wildman–Crippen MR) is 306 cm³/mol. The summed E-state index contributed by atoms with van der Waals surface area (Å²) in [6.07, 6.45) is 7.98. The van der Waals surface area contributed by atoms with Crippen LogP contribution in [0.2, 0.25) is 0 Å². The summed E-state index contributed by atoms with van der Waals surface area (Å²) in [7, 11) is -3.75. The quantitative estimate of drug-likeness (QED) is 0.0904. The van der Waals surface area contributed by atoms with Crippen LogP contribution in [0.15, 0.2) is 292 Å². The molecule has 0 radical (unpaired) electrons. The van der Waals surface area contributed by atoms with Gasteiger partial charge < -0.3 is 0 Å². The van der Waals surface area contributed by atoms with E-state index in [9.17, 15) is 0 Å². The molecule has 6 heteroatoms. The van der Waals surface area contributed by atoms with E-state index >= 15 is 0 Å². The molecule has 0 N–H and O–H groups in total. The molecule has 4 heterocycles. The van der Waals surface area contributed by atoms with E-state index in [-0.39, 0.29) is 20.4 Å². The molecule has 12 aromatic rings. The van der Waals surface area contributed by atoms with Gasteiger partial charge in [0.1, 0.15) is 0 Å². The third kappa shape index (κ3) is 8.83. The molecule has 354 valence electrons. The van der Waals surface area contributed by atoms with Crippen molar-refractivity contribution in [3.05, 3.63) is 292 Å². The number of hydrogen-bond acceptors (Lipinski definition) is 4. The van der Waals surface area contributed by atoms with Gasteiger partial charge in [-0.15, -0.1) is 0 Å². The van der Waals surface area contributed by atoms with Crippen LogP contribution in [0.3, 0.4) is 0 Å². The van der Waals surface area contributed by atoms with Crippen molar-refractivity contribution in [1.29, 1.82) is 0 Å². The smallest absolute Gasteiger partial charge is 0.220 e. The summed E-state index contributed by atoms with van der Waals surface area (Å²) in [5.41, 5.74) is 19.9. The SMILES string of the molecule is [Pd].c1ccc(-c2ccnc([P+](c3nccc(-c4ccccc4)c3-c3ccccc3)(c3nccc(-c4ccccc4)c3-c3ccccc3)c3nccc(-c4ccccc4)c3-c3ccccc3)c2-c2ccccc2)cc1. The number of pyridine rings is 4. The molecule has 12 rings (SSSR count). The average molecular weight is 1060 g/mol. The van der Waals surface area contributed by atoms with Crippen LogP contribution >= 0.6 is 7.26 Å². The van der Waals surface area contributed by atoms with E-state index in [2.05, 4.69) is 267 Å². The van der Waals surface area contributed by atoms with Gasteiger partial charge in [0.05, 0.1) is 22.3 Å². The van der Waals surface area contributed by atoms with Crippen LogP contribution in [0.1, 0.15) is 0 Å². The molecular formula is C68H48N4PPd+. The Kier molecular flexibility index (Phi) is 14.0. The summed E-state index contributed by atoms with van der Waals surface area (Å²) in [5.74, 6) is 0. The first-order valence-electron chi connectivity index (χ1n) is 24.6. The Labute approximate surface area is 447 Å². The zero-order chi connectivity index (χ0) is 48.8. The van der Waals surface area contributed by atoms with E-state index in [0.717, 1.165) is 111 Å². The Bertz CT molecular complexity index is 3300. The van der Waals surface area contributed by atoms with E-state index in [4.69, 9.17) is 19.9 Å². The fourth-order valence-electron chi connectivity index (χ4n) is 10.4. The van der Waals surface area contributed by atoms with Crippen molar-refractivity contribution in [1.82, 2.24) is 19.9 Å². The van der Waals surface area contributed by atoms with Crippen LogP contribution in [0, 0.1) is 0 Å². The molecule has 0 fully saturated rings. The Morgan fingerprint density at radius 2 is 0.351 bits per heavy atom. The van der Waals surface area contributed by atoms with Crippen molar-refractivity contribution in [3.63, 3.8) is 0 Å². The van der Waals surface area contributed by atoms with Crippen LogP contribution in [-0.2, 0) is 20.4 Å². The standard InChI is InChI=1S/C68H48N4P.Pd/c1-9-25-49(26-10-1)57-41-45-69-65(61(57)53-33-17-5-18-34-53)73(66-62(54-35-19-6-20-36-54)58(42-46-70-66)50-27-11-2-12-28-50,67-63(55-37-21-7-22-38-55)59(43-47-71-67)51-29-13-3-14-30-51)68-64(56-39-23-8-24-40-56)60(44-48-72-68)52-31-15-4-16-32-52;/h1-48H;/q+1;. The van der Waals surface area contributed by atoms with Crippen molar-refractivity contribution >= 4 is 29.0 Å². The maximum absolute atomic E-state index is 5.88. The fraction of sp³-hybridized carbons (Fsp3) is 0. The molecule has 0 atom stereocenters. The summed E-state index contributed by atoms with van der Waals surface area (Å²) >= 11 is 0. The van der Waals surface area contributed by atoms with Gasteiger partial charge in [-0.05, 0) is 91.0 Å². The molecule has 0 saturated heterocycles. The zero-order valence-corrected chi connectivity index (χ0v) is 42.7. The van der Waals surface area contributed by atoms with E-state index in [0.29, 0.717) is 0 Å². The van der Waals surface area contributed by atoms with Gasteiger partial charge in [0.25, 0.3) is 0 Å². The van der Waals surface area contributed by atoms with Crippen LogP contribution in [0.25, 0.3) is 89.0 Å². The van der Waals surface area contributed by atoms with Gasteiger partial charge in [-0.1, -0.05) is 243 Å². The predicted octanol–water partition coefficient (Wildman–Crippen LogP) is 15.2. The molecule has 8 aromatic carbocycles. The number of nitrogens with zero attached hydrogens (tertiary/aromatic N) is 4. The molecule has 0 bridgehead atoms. The zero-order valence-electron chi connectivity index (χ0n) is 40.3. The first kappa shape index (κ1) is 47.8. The molecule has 4 nitrogen and oxygen atoms in total. The Balaban J connectivity index is 0.00000588. The Morgan fingerprint density at radius 3 is 0.527 bits per heavy atom. The Hall–Kier alpha value is -8.55. The van der Waals surface area contributed by atoms with E-state index in [1.807, 2.05) is 24.8 Å². The van der Waals surface area contributed by atoms with Crippen molar-refractivity contribution in [3.8, 4) is 89.0 Å². The van der Waals surface area contributed by atoms with E-state index in [1.54, 1.807) is 0 Å². The second kappa shape index (κ2) is 21.7. The summed E-state index contributed by atoms with van der Waals surface area (Å²) in [5, 5.41) is 0. The van der Waals surface area contributed by atoms with Crippen LogP contribution in [0.5, 0.6) is 0 Å². The summed E-state index contributed by atoms with van der Waals surface area (Å²) < 4.78 is 0. The molecule has 0 amide bonds. The molecular weight excluding hydrogens is 1010 g/mol. The minimum Gasteiger partial charge on any atom is -0.220 e. The Morgan fingerprint density at radius 1 is 0.189 bits per heavy atom. The molecule has 4 aromatic heterocycles. The van der Waals surface area contributed by atoms with Gasteiger partial charge in [-0.25, -0.2) is 19.9 Å². The van der Waals surface area contributed by atoms with Gasteiger partial charge in [0.2, 0.25) is 29.0 Å². The third-order valence-electron chi connectivity index (χ3n) is 13.6. The van der Waals surface area contributed by atoms with Crippen LogP contribution in [0.4, 0.5) is 0 Å². The normalized spacial score (nSPS) is 11.1. The van der Waals surface area contributed by atoms with Crippen molar-refractivity contribution < 1.29 is 20.4 Å². The van der Waals surface area contributed by atoms with E-state index in [1.165, 1.54) is 0 Å². The van der Waals surface area contributed by atoms with Gasteiger partial charge in [0.15, 0.2) is 0 Å². The summed E-state index contributed by atoms with van der Waals surface area (Å²) in [6, 6.07) is 94.5. The second-order valence-electron chi connectivity index (χ2n) is 17.8. The molecule has 0 saturated carbocycles. The maximum atomic E-state index is 5.88. The minimum atomic E-state index is -3.75. The molecule has 0 aliphatic carbocycles. The molecule has 0 aliphatic heterocycles. The minimum absolute atomic E-state index is 0. The van der Waals surface area contributed by atoms with Gasteiger partial charge in [-0.3, -0.25) is 0 Å².